The third-order valence-electron chi connectivity index (χ3n) is 2.47. The minimum Gasteiger partial charge on any atom is -0.480 e. The standard InChI is InChI=1S/C11H13NO4/c1-7-3-9-10(16-6-15-9)4-8(7)12(2)5-11(13)14/h3-4H,5-6H2,1-2H3,(H,13,14). The average molecular weight is 223 g/mol. The maximum atomic E-state index is 10.6. The van der Waals surface area contributed by atoms with Crippen LogP contribution >= 0.6 is 0 Å². The number of anilines is 1. The summed E-state index contributed by atoms with van der Waals surface area (Å²) in [4.78, 5) is 12.3. The van der Waals surface area contributed by atoms with E-state index in [1.807, 2.05) is 13.0 Å². The van der Waals surface area contributed by atoms with Crippen LogP contribution in [-0.4, -0.2) is 31.5 Å². The topological polar surface area (TPSA) is 59.0 Å². The summed E-state index contributed by atoms with van der Waals surface area (Å²) in [7, 11) is 1.73. The predicted molar refractivity (Wildman–Crippen MR) is 58.2 cm³/mol. The zero-order valence-electron chi connectivity index (χ0n) is 9.19. The van der Waals surface area contributed by atoms with Crippen LogP contribution in [0.25, 0.3) is 0 Å². The number of aliphatic carboxylic acids is 1. The summed E-state index contributed by atoms with van der Waals surface area (Å²) in [5.41, 5.74) is 1.81. The molecule has 1 N–H and O–H groups in total. The Morgan fingerprint density at radius 3 is 2.69 bits per heavy atom. The molecule has 0 aliphatic carbocycles. The van der Waals surface area contributed by atoms with Crippen molar-refractivity contribution >= 4 is 11.7 Å². The van der Waals surface area contributed by atoms with Crippen LogP contribution in [0, 0.1) is 6.92 Å². The third kappa shape index (κ3) is 1.88. The van der Waals surface area contributed by atoms with Gasteiger partial charge in [0.1, 0.15) is 6.54 Å². The number of carboxylic acid groups (broad SMARTS) is 1. The molecule has 0 atom stereocenters. The molecule has 0 saturated heterocycles. The lowest BCUT2D eigenvalue weighted by Gasteiger charge is -2.19. The van der Waals surface area contributed by atoms with Gasteiger partial charge < -0.3 is 19.5 Å². The minimum atomic E-state index is -0.862. The van der Waals surface area contributed by atoms with Gasteiger partial charge in [0.25, 0.3) is 0 Å². The number of aryl methyl sites for hydroxylation is 1. The van der Waals surface area contributed by atoms with Crippen molar-refractivity contribution in [1.29, 1.82) is 0 Å². The van der Waals surface area contributed by atoms with Crippen molar-refractivity contribution in [2.24, 2.45) is 0 Å². The molecule has 1 aromatic carbocycles. The van der Waals surface area contributed by atoms with Crippen LogP contribution in [0.1, 0.15) is 5.56 Å². The van der Waals surface area contributed by atoms with Gasteiger partial charge in [0.2, 0.25) is 6.79 Å². The van der Waals surface area contributed by atoms with Gasteiger partial charge in [-0.3, -0.25) is 4.79 Å². The SMILES string of the molecule is Cc1cc2c(cc1N(C)CC(=O)O)OCO2. The smallest absolute Gasteiger partial charge is 0.323 e. The molecule has 5 nitrogen and oxygen atoms in total. The van der Waals surface area contributed by atoms with Gasteiger partial charge in [0.05, 0.1) is 0 Å². The van der Waals surface area contributed by atoms with Crippen LogP contribution < -0.4 is 14.4 Å². The van der Waals surface area contributed by atoms with Gasteiger partial charge in [-0.2, -0.15) is 0 Å². The Bertz CT molecular complexity index is 430. The fraction of sp³-hybridized carbons (Fsp3) is 0.364. The summed E-state index contributed by atoms with van der Waals surface area (Å²) < 4.78 is 10.5. The van der Waals surface area contributed by atoms with E-state index in [1.165, 1.54) is 0 Å². The Morgan fingerprint density at radius 1 is 1.44 bits per heavy atom. The zero-order valence-corrected chi connectivity index (χ0v) is 9.19. The largest absolute Gasteiger partial charge is 0.480 e. The van der Waals surface area contributed by atoms with E-state index < -0.39 is 5.97 Å². The molecule has 86 valence electrons. The number of rotatable bonds is 3. The molecule has 0 spiro atoms. The molecule has 0 bridgehead atoms. The highest BCUT2D eigenvalue weighted by Gasteiger charge is 2.18. The minimum absolute atomic E-state index is 0.0412. The quantitative estimate of drug-likeness (QED) is 0.835. The van der Waals surface area contributed by atoms with Crippen molar-refractivity contribution in [3.05, 3.63) is 17.7 Å². The van der Waals surface area contributed by atoms with E-state index in [0.29, 0.717) is 11.5 Å². The van der Waals surface area contributed by atoms with Gasteiger partial charge in [-0.1, -0.05) is 0 Å². The van der Waals surface area contributed by atoms with Crippen molar-refractivity contribution in [1.82, 2.24) is 0 Å². The van der Waals surface area contributed by atoms with Crippen LogP contribution in [0.5, 0.6) is 11.5 Å². The summed E-state index contributed by atoms with van der Waals surface area (Å²) >= 11 is 0. The second-order valence-electron chi connectivity index (χ2n) is 3.74. The van der Waals surface area contributed by atoms with Gasteiger partial charge in [-0.05, 0) is 18.6 Å². The van der Waals surface area contributed by atoms with Gasteiger partial charge in [-0.15, -0.1) is 0 Å². The first kappa shape index (κ1) is 10.6. The second kappa shape index (κ2) is 3.92. The Labute approximate surface area is 93.2 Å². The van der Waals surface area contributed by atoms with E-state index in [-0.39, 0.29) is 13.3 Å². The van der Waals surface area contributed by atoms with Crippen molar-refractivity contribution < 1.29 is 19.4 Å². The Morgan fingerprint density at radius 2 is 2.06 bits per heavy atom. The van der Waals surface area contributed by atoms with Crippen LogP contribution in [0.2, 0.25) is 0 Å². The summed E-state index contributed by atoms with van der Waals surface area (Å²) in [5, 5.41) is 8.73. The Hall–Kier alpha value is -1.91. The van der Waals surface area contributed by atoms with Crippen LogP contribution in [-0.2, 0) is 4.79 Å². The summed E-state index contributed by atoms with van der Waals surface area (Å²) in [6.07, 6.45) is 0. The van der Waals surface area contributed by atoms with Crippen molar-refractivity contribution in [3.8, 4) is 11.5 Å². The van der Waals surface area contributed by atoms with Gasteiger partial charge in [0.15, 0.2) is 11.5 Å². The Balaban J connectivity index is 2.30. The molecule has 16 heavy (non-hydrogen) atoms. The number of ether oxygens (including phenoxy) is 2. The van der Waals surface area contributed by atoms with Crippen LogP contribution in [0.4, 0.5) is 5.69 Å². The van der Waals surface area contributed by atoms with E-state index in [1.54, 1.807) is 18.0 Å². The highest BCUT2D eigenvalue weighted by molar-refractivity contribution is 5.75. The van der Waals surface area contributed by atoms with Gasteiger partial charge >= 0.3 is 5.97 Å². The molecule has 2 rings (SSSR count). The maximum absolute atomic E-state index is 10.6. The number of benzene rings is 1. The lowest BCUT2D eigenvalue weighted by Crippen LogP contribution is -2.25. The monoisotopic (exact) mass is 223 g/mol. The van der Waals surface area contributed by atoms with E-state index in [4.69, 9.17) is 14.6 Å². The first-order valence-corrected chi connectivity index (χ1v) is 4.91. The molecular formula is C11H13NO4. The maximum Gasteiger partial charge on any atom is 0.323 e. The molecule has 1 aliphatic rings. The third-order valence-corrected chi connectivity index (χ3v) is 2.47. The molecule has 0 aromatic heterocycles. The molecule has 0 radical (unpaired) electrons. The first-order valence-electron chi connectivity index (χ1n) is 4.91. The number of nitrogens with zero attached hydrogens (tertiary/aromatic N) is 1. The summed E-state index contributed by atoms with van der Waals surface area (Å²) in [5.74, 6) is 0.516. The molecular weight excluding hydrogens is 210 g/mol. The molecule has 0 amide bonds. The molecule has 0 saturated carbocycles. The van der Waals surface area contributed by atoms with E-state index >= 15 is 0 Å². The number of fused-ring (bicyclic) bond motifs is 1. The number of carboxylic acids is 1. The number of hydrogen-bond acceptors (Lipinski definition) is 4. The van der Waals surface area contributed by atoms with Crippen molar-refractivity contribution in [2.45, 2.75) is 6.92 Å². The number of hydrogen-bond donors (Lipinski definition) is 1. The molecule has 1 aromatic rings. The van der Waals surface area contributed by atoms with Crippen LogP contribution in [0.15, 0.2) is 12.1 Å². The fourth-order valence-electron chi connectivity index (χ4n) is 1.73. The predicted octanol–water partition coefficient (Wildman–Crippen LogP) is 1.24. The highest BCUT2D eigenvalue weighted by atomic mass is 16.7. The normalized spacial score (nSPS) is 12.6. The zero-order chi connectivity index (χ0) is 11.7. The van der Waals surface area contributed by atoms with Crippen LogP contribution in [0.3, 0.4) is 0 Å². The average Bonchev–Trinajstić information content (AvgIpc) is 2.61. The highest BCUT2D eigenvalue weighted by Crippen LogP contribution is 2.37. The molecule has 0 unspecified atom stereocenters. The lowest BCUT2D eigenvalue weighted by atomic mass is 10.1. The molecule has 1 heterocycles. The second-order valence-corrected chi connectivity index (χ2v) is 3.74. The summed E-state index contributed by atoms with van der Waals surface area (Å²) in [6.45, 7) is 2.09. The number of carbonyl (C=O) groups is 1. The number of likely N-dealkylation sites (N-methyl/N-ethyl adjacent to an activating group) is 1. The van der Waals surface area contributed by atoms with E-state index in [2.05, 4.69) is 0 Å². The first-order chi connectivity index (χ1) is 7.58. The fourth-order valence-corrected chi connectivity index (χ4v) is 1.73. The lowest BCUT2D eigenvalue weighted by molar-refractivity contribution is -0.135. The van der Waals surface area contributed by atoms with Gasteiger partial charge in [0, 0.05) is 18.8 Å². The van der Waals surface area contributed by atoms with Crippen molar-refractivity contribution in [2.75, 3.05) is 25.3 Å². The van der Waals surface area contributed by atoms with Gasteiger partial charge in [-0.25, -0.2) is 0 Å². The van der Waals surface area contributed by atoms with Crippen molar-refractivity contribution in [3.63, 3.8) is 0 Å². The molecule has 0 fully saturated rings. The molecule has 1 aliphatic heterocycles. The van der Waals surface area contributed by atoms with E-state index in [0.717, 1.165) is 11.3 Å². The molecule has 5 heteroatoms. The summed E-state index contributed by atoms with van der Waals surface area (Å²) in [6, 6.07) is 3.66. The Kier molecular flexibility index (Phi) is 2.60. The van der Waals surface area contributed by atoms with E-state index in [9.17, 15) is 4.79 Å².